The van der Waals surface area contributed by atoms with Crippen molar-refractivity contribution in [2.45, 2.75) is 12.8 Å². The van der Waals surface area contributed by atoms with E-state index in [1.165, 1.54) is 0 Å². The van der Waals surface area contributed by atoms with E-state index in [0.717, 1.165) is 56.9 Å². The molecule has 27 heavy (non-hydrogen) atoms. The molecule has 2 aromatic heterocycles. The lowest BCUT2D eigenvalue weighted by atomic mass is 10.2. The van der Waals surface area contributed by atoms with Crippen molar-refractivity contribution in [1.82, 2.24) is 14.9 Å². The molecule has 0 aliphatic carbocycles. The van der Waals surface area contributed by atoms with E-state index in [1.807, 2.05) is 30.5 Å². The first-order chi connectivity index (χ1) is 13.3. The van der Waals surface area contributed by atoms with Crippen molar-refractivity contribution in [3.8, 4) is 5.88 Å². The number of nitrogens with two attached hydrogens (primary N) is 1. The normalized spacial score (nSPS) is 15.4. The lowest BCUT2D eigenvalue weighted by molar-refractivity contribution is 0.236. The maximum absolute atomic E-state index is 5.89. The number of anilines is 2. The molecular formula is C20H28N6O. The fourth-order valence-corrected chi connectivity index (χ4v) is 3.15. The highest BCUT2D eigenvalue weighted by atomic mass is 16.5. The molecule has 1 fully saturated rings. The molecule has 0 saturated carbocycles. The Morgan fingerprint density at radius 2 is 2.00 bits per heavy atom. The van der Waals surface area contributed by atoms with Crippen LogP contribution in [0, 0.1) is 0 Å². The monoisotopic (exact) mass is 368 g/mol. The summed E-state index contributed by atoms with van der Waals surface area (Å²) in [6.07, 6.45) is 5.66. The zero-order valence-corrected chi connectivity index (χ0v) is 15.9. The number of aromatic nitrogens is 2. The van der Waals surface area contributed by atoms with Crippen LogP contribution >= 0.6 is 0 Å². The minimum Gasteiger partial charge on any atom is -0.478 e. The molecule has 1 saturated heterocycles. The number of hydrogen-bond acceptors (Lipinski definition) is 7. The van der Waals surface area contributed by atoms with Gasteiger partial charge in [0.25, 0.3) is 0 Å². The van der Waals surface area contributed by atoms with E-state index in [-0.39, 0.29) is 0 Å². The summed E-state index contributed by atoms with van der Waals surface area (Å²) in [6, 6.07) is 9.80. The molecular weight excluding hydrogens is 340 g/mol. The van der Waals surface area contributed by atoms with Gasteiger partial charge in [0.2, 0.25) is 5.88 Å². The summed E-state index contributed by atoms with van der Waals surface area (Å²) in [5.74, 6) is 2.10. The molecule has 7 nitrogen and oxygen atoms in total. The second-order valence-electron chi connectivity index (χ2n) is 6.58. The van der Waals surface area contributed by atoms with Crippen molar-refractivity contribution in [1.29, 1.82) is 0 Å². The molecule has 0 unspecified atom stereocenters. The van der Waals surface area contributed by atoms with Crippen LogP contribution in [-0.4, -0.2) is 67.5 Å². The number of nitrogen functional groups attached to an aromatic ring is 1. The molecule has 3 rings (SSSR count). The van der Waals surface area contributed by atoms with Gasteiger partial charge in [-0.25, -0.2) is 4.98 Å². The number of piperazine rings is 1. The van der Waals surface area contributed by atoms with Crippen LogP contribution in [0.25, 0.3) is 0 Å². The molecule has 0 bridgehead atoms. The molecule has 0 atom stereocenters. The average Bonchev–Trinajstić information content (AvgIpc) is 2.71. The molecule has 0 amide bonds. The van der Waals surface area contributed by atoms with E-state index in [1.54, 1.807) is 13.3 Å². The molecule has 1 aliphatic rings. The van der Waals surface area contributed by atoms with Crippen molar-refractivity contribution < 1.29 is 4.74 Å². The number of nitrogens with zero attached hydrogens (tertiary/aromatic N) is 5. The molecule has 7 heteroatoms. The molecule has 0 spiro atoms. The van der Waals surface area contributed by atoms with Crippen LogP contribution in [0.4, 0.5) is 11.6 Å². The Balaban J connectivity index is 1.31. The van der Waals surface area contributed by atoms with Gasteiger partial charge in [0.1, 0.15) is 11.6 Å². The van der Waals surface area contributed by atoms with Gasteiger partial charge < -0.3 is 15.4 Å². The number of pyridine rings is 2. The predicted octanol–water partition coefficient (Wildman–Crippen LogP) is 2.09. The number of ether oxygens (including phenoxy) is 1. The molecule has 2 N–H and O–H groups in total. The Bertz CT molecular complexity index is 729. The van der Waals surface area contributed by atoms with Crippen molar-refractivity contribution in [2.75, 3.05) is 57.0 Å². The fraction of sp³-hybridized carbons (Fsp3) is 0.450. The molecule has 2 aromatic rings. The summed E-state index contributed by atoms with van der Waals surface area (Å²) in [5.41, 5.74) is 6.71. The van der Waals surface area contributed by atoms with Gasteiger partial charge >= 0.3 is 0 Å². The van der Waals surface area contributed by atoms with Crippen LogP contribution in [-0.2, 0) is 0 Å². The van der Waals surface area contributed by atoms with Crippen LogP contribution in [0.1, 0.15) is 18.4 Å². The smallest absolute Gasteiger partial charge is 0.215 e. The fourth-order valence-electron chi connectivity index (χ4n) is 3.15. The molecule has 144 valence electrons. The Hall–Kier alpha value is -2.67. The number of rotatable bonds is 8. The van der Waals surface area contributed by atoms with Gasteiger partial charge in [0, 0.05) is 57.3 Å². The van der Waals surface area contributed by atoms with E-state index in [4.69, 9.17) is 10.5 Å². The second-order valence-corrected chi connectivity index (χ2v) is 6.58. The van der Waals surface area contributed by atoms with Gasteiger partial charge in [-0.2, -0.15) is 4.98 Å². The minimum absolute atomic E-state index is 0.448. The van der Waals surface area contributed by atoms with Gasteiger partial charge in [-0.15, -0.1) is 0 Å². The predicted molar refractivity (Wildman–Crippen MR) is 110 cm³/mol. The molecule has 0 aromatic carbocycles. The maximum Gasteiger partial charge on any atom is 0.215 e. The van der Waals surface area contributed by atoms with Gasteiger partial charge in [0.15, 0.2) is 0 Å². The highest BCUT2D eigenvalue weighted by molar-refractivity contribution is 5.85. The summed E-state index contributed by atoms with van der Waals surface area (Å²) in [5, 5.41) is 0. The van der Waals surface area contributed by atoms with Crippen molar-refractivity contribution in [2.24, 2.45) is 4.99 Å². The third-order valence-electron chi connectivity index (χ3n) is 4.66. The first-order valence-corrected chi connectivity index (χ1v) is 9.46. The lowest BCUT2D eigenvalue weighted by Crippen LogP contribution is -2.46. The van der Waals surface area contributed by atoms with Crippen LogP contribution in [0.3, 0.4) is 0 Å². The van der Waals surface area contributed by atoms with Gasteiger partial charge in [0.05, 0.1) is 6.61 Å². The van der Waals surface area contributed by atoms with Crippen molar-refractivity contribution >= 4 is 17.9 Å². The Morgan fingerprint density at radius 1 is 1.15 bits per heavy atom. The second kappa shape index (κ2) is 9.87. The zero-order valence-electron chi connectivity index (χ0n) is 15.9. The number of hydrogen-bond donors (Lipinski definition) is 1. The van der Waals surface area contributed by atoms with Crippen molar-refractivity contribution in [3.63, 3.8) is 0 Å². The van der Waals surface area contributed by atoms with E-state index in [0.29, 0.717) is 18.3 Å². The zero-order chi connectivity index (χ0) is 18.9. The SMILES string of the molecule is C/N=C\c1ccc(OCCCCN2CCN(c3ccccn3)CC2)nc1N. The Morgan fingerprint density at radius 3 is 2.70 bits per heavy atom. The van der Waals surface area contributed by atoms with Gasteiger partial charge in [-0.1, -0.05) is 6.07 Å². The number of aliphatic imine (C=N–C) groups is 1. The maximum atomic E-state index is 5.89. The first kappa shape index (κ1) is 19.1. The lowest BCUT2D eigenvalue weighted by Gasteiger charge is -2.35. The summed E-state index contributed by atoms with van der Waals surface area (Å²) >= 11 is 0. The van der Waals surface area contributed by atoms with E-state index in [9.17, 15) is 0 Å². The quantitative estimate of drug-likeness (QED) is 0.568. The van der Waals surface area contributed by atoms with E-state index in [2.05, 4.69) is 30.8 Å². The van der Waals surface area contributed by atoms with E-state index >= 15 is 0 Å². The minimum atomic E-state index is 0.448. The third-order valence-corrected chi connectivity index (χ3v) is 4.66. The Labute approximate surface area is 160 Å². The van der Waals surface area contributed by atoms with Crippen LogP contribution in [0.2, 0.25) is 0 Å². The Kier molecular flexibility index (Phi) is 6.98. The molecule has 0 radical (unpaired) electrons. The van der Waals surface area contributed by atoms with Gasteiger partial charge in [-0.05, 0) is 37.6 Å². The molecule has 1 aliphatic heterocycles. The van der Waals surface area contributed by atoms with Crippen LogP contribution in [0.5, 0.6) is 5.88 Å². The van der Waals surface area contributed by atoms with Crippen molar-refractivity contribution in [3.05, 3.63) is 42.1 Å². The number of unbranched alkanes of at least 4 members (excludes halogenated alkanes) is 1. The van der Waals surface area contributed by atoms with E-state index < -0.39 is 0 Å². The molecule has 3 heterocycles. The average molecular weight is 368 g/mol. The topological polar surface area (TPSA) is 79.9 Å². The summed E-state index contributed by atoms with van der Waals surface area (Å²) in [4.78, 5) is 17.5. The summed E-state index contributed by atoms with van der Waals surface area (Å²) in [6.45, 7) is 5.97. The highest BCUT2D eigenvalue weighted by Gasteiger charge is 2.17. The summed E-state index contributed by atoms with van der Waals surface area (Å²) in [7, 11) is 1.71. The third kappa shape index (κ3) is 5.65. The standard InChI is InChI=1S/C20H28N6O/c1-22-16-17-7-8-19(24-20(17)21)27-15-5-4-10-25-11-13-26(14-12-25)18-6-2-3-9-23-18/h2-3,6-9,16H,4-5,10-15H2,1H3,(H2,21,24)/b22-16-. The van der Waals surface area contributed by atoms with Crippen LogP contribution < -0.4 is 15.4 Å². The highest BCUT2D eigenvalue weighted by Crippen LogP contribution is 2.15. The largest absolute Gasteiger partial charge is 0.478 e. The first-order valence-electron chi connectivity index (χ1n) is 9.46. The van der Waals surface area contributed by atoms with Gasteiger partial charge in [-0.3, -0.25) is 9.89 Å². The van der Waals surface area contributed by atoms with Crippen LogP contribution in [0.15, 0.2) is 41.5 Å². The summed E-state index contributed by atoms with van der Waals surface area (Å²) < 4.78 is 5.71.